The summed E-state index contributed by atoms with van der Waals surface area (Å²) in [6, 6.07) is 4.86. The van der Waals surface area contributed by atoms with E-state index in [1.54, 1.807) is 6.92 Å². The van der Waals surface area contributed by atoms with Gasteiger partial charge >= 0.3 is 0 Å². The van der Waals surface area contributed by atoms with Crippen molar-refractivity contribution in [1.82, 2.24) is 5.01 Å². The Morgan fingerprint density at radius 3 is 2.29 bits per heavy atom. The molecule has 0 saturated heterocycles. The van der Waals surface area contributed by atoms with Gasteiger partial charge in [0, 0.05) is 24.1 Å². The van der Waals surface area contributed by atoms with Gasteiger partial charge in [-0.1, -0.05) is 6.92 Å². The van der Waals surface area contributed by atoms with Crippen LogP contribution in [0.3, 0.4) is 0 Å². The summed E-state index contributed by atoms with van der Waals surface area (Å²) in [5.41, 5.74) is -0.00756. The van der Waals surface area contributed by atoms with Crippen LogP contribution in [0, 0.1) is 10.1 Å². The van der Waals surface area contributed by atoms with E-state index < -0.39 is 16.7 Å². The molecule has 7 heteroatoms. The third-order valence-electron chi connectivity index (χ3n) is 2.12. The first-order valence-electron chi connectivity index (χ1n) is 4.83. The normalized spacial score (nSPS) is 9.76. The summed E-state index contributed by atoms with van der Waals surface area (Å²) >= 11 is 0. The number of hydrazine groups is 1. The maximum atomic E-state index is 11.6. The van der Waals surface area contributed by atoms with E-state index in [-0.39, 0.29) is 17.7 Å². The van der Waals surface area contributed by atoms with Gasteiger partial charge in [-0.2, -0.15) is 0 Å². The van der Waals surface area contributed by atoms with Gasteiger partial charge < -0.3 is 0 Å². The minimum Gasteiger partial charge on any atom is -0.273 e. The predicted octanol–water partition coefficient (Wildman–Crippen LogP) is 0.847. The zero-order valence-electron chi connectivity index (χ0n) is 9.12. The van der Waals surface area contributed by atoms with E-state index in [0.717, 1.165) is 0 Å². The highest BCUT2D eigenvalue weighted by Gasteiger charge is 2.18. The van der Waals surface area contributed by atoms with E-state index in [1.807, 2.05) is 0 Å². The number of nitrogens with two attached hydrogens (primary N) is 1. The average Bonchev–Trinajstić information content (AvgIpc) is 2.36. The van der Waals surface area contributed by atoms with Gasteiger partial charge in [-0.25, -0.2) is 10.9 Å². The first-order valence-corrected chi connectivity index (χ1v) is 4.83. The monoisotopic (exact) mass is 237 g/mol. The molecule has 0 aliphatic heterocycles. The summed E-state index contributed by atoms with van der Waals surface area (Å²) in [4.78, 5) is 32.6. The van der Waals surface area contributed by atoms with Crippen LogP contribution in [0.4, 0.5) is 5.69 Å². The van der Waals surface area contributed by atoms with Gasteiger partial charge in [0.05, 0.1) is 4.92 Å². The molecule has 17 heavy (non-hydrogen) atoms. The molecular formula is C10H11N3O4. The molecule has 0 spiro atoms. The zero-order chi connectivity index (χ0) is 13.0. The van der Waals surface area contributed by atoms with Crippen LogP contribution in [0.25, 0.3) is 0 Å². The number of carbonyl (C=O) groups excluding carboxylic acids is 2. The molecule has 0 saturated carbocycles. The Kier molecular flexibility index (Phi) is 3.89. The Morgan fingerprint density at radius 2 is 1.88 bits per heavy atom. The van der Waals surface area contributed by atoms with Crippen LogP contribution in [0.5, 0.6) is 0 Å². The molecule has 0 bridgehead atoms. The molecule has 1 rings (SSSR count). The topological polar surface area (TPSA) is 107 Å². The Balaban J connectivity index is 2.90. The summed E-state index contributed by atoms with van der Waals surface area (Å²) in [5, 5.41) is 10.9. The van der Waals surface area contributed by atoms with Crippen LogP contribution in [0.1, 0.15) is 23.7 Å². The van der Waals surface area contributed by atoms with Crippen molar-refractivity contribution in [2.24, 2.45) is 5.84 Å². The second kappa shape index (κ2) is 5.17. The van der Waals surface area contributed by atoms with Crippen molar-refractivity contribution in [2.45, 2.75) is 13.3 Å². The summed E-state index contributed by atoms with van der Waals surface area (Å²) in [6.45, 7) is 1.57. The smallest absolute Gasteiger partial charge is 0.273 e. The number of benzene rings is 1. The molecule has 0 radical (unpaired) electrons. The van der Waals surface area contributed by atoms with E-state index in [4.69, 9.17) is 5.84 Å². The van der Waals surface area contributed by atoms with Gasteiger partial charge in [0.15, 0.2) is 0 Å². The fourth-order valence-electron chi connectivity index (χ4n) is 1.15. The summed E-state index contributed by atoms with van der Waals surface area (Å²) in [7, 11) is 0. The molecular weight excluding hydrogens is 226 g/mol. The van der Waals surface area contributed by atoms with E-state index in [2.05, 4.69) is 0 Å². The third-order valence-corrected chi connectivity index (χ3v) is 2.12. The third kappa shape index (κ3) is 2.85. The lowest BCUT2D eigenvalue weighted by Crippen LogP contribution is -2.42. The van der Waals surface area contributed by atoms with Crippen molar-refractivity contribution in [3.05, 3.63) is 39.9 Å². The quantitative estimate of drug-likeness (QED) is 0.363. The average molecular weight is 237 g/mol. The molecule has 1 aromatic carbocycles. The highest BCUT2D eigenvalue weighted by atomic mass is 16.6. The molecule has 0 atom stereocenters. The maximum absolute atomic E-state index is 11.6. The molecule has 1 aromatic rings. The molecule has 7 nitrogen and oxygen atoms in total. The van der Waals surface area contributed by atoms with E-state index in [9.17, 15) is 19.7 Å². The van der Waals surface area contributed by atoms with Gasteiger partial charge in [-0.3, -0.25) is 19.7 Å². The number of nitrogens with zero attached hydrogens (tertiary/aromatic N) is 2. The lowest BCUT2D eigenvalue weighted by Gasteiger charge is -2.13. The number of nitro benzene ring substituents is 1. The Morgan fingerprint density at radius 1 is 1.35 bits per heavy atom. The standard InChI is InChI=1S/C10H11N3O4/c1-2-9(14)12(11)10(15)7-3-5-8(6-4-7)13(16)17/h3-6H,2,11H2,1H3. The number of carbonyl (C=O) groups is 2. The van der Waals surface area contributed by atoms with Crippen LogP contribution < -0.4 is 5.84 Å². The molecule has 2 amide bonds. The number of hydrogen-bond acceptors (Lipinski definition) is 5. The van der Waals surface area contributed by atoms with Crippen LogP contribution in [0.15, 0.2) is 24.3 Å². The van der Waals surface area contributed by atoms with Crippen molar-refractivity contribution < 1.29 is 14.5 Å². The maximum Gasteiger partial charge on any atom is 0.274 e. The minimum absolute atomic E-state index is 0.106. The van der Waals surface area contributed by atoms with Gasteiger partial charge in [-0.05, 0) is 12.1 Å². The molecule has 90 valence electrons. The molecule has 0 heterocycles. The van der Waals surface area contributed by atoms with Crippen molar-refractivity contribution in [2.75, 3.05) is 0 Å². The summed E-state index contributed by atoms with van der Waals surface area (Å²) in [6.07, 6.45) is 0.106. The van der Waals surface area contributed by atoms with Crippen molar-refractivity contribution in [3.8, 4) is 0 Å². The molecule has 0 aliphatic rings. The summed E-state index contributed by atoms with van der Waals surface area (Å²) in [5.74, 6) is 4.09. The molecule has 2 N–H and O–H groups in total. The number of non-ortho nitro benzene ring substituents is 1. The fourth-order valence-corrected chi connectivity index (χ4v) is 1.15. The second-order valence-corrected chi connectivity index (χ2v) is 3.23. The number of rotatable bonds is 3. The van der Waals surface area contributed by atoms with Crippen molar-refractivity contribution in [3.63, 3.8) is 0 Å². The number of amides is 2. The molecule has 0 fully saturated rings. The Hall–Kier alpha value is -2.28. The predicted molar refractivity (Wildman–Crippen MR) is 58.8 cm³/mol. The Labute approximate surface area is 96.9 Å². The van der Waals surface area contributed by atoms with E-state index in [0.29, 0.717) is 5.01 Å². The van der Waals surface area contributed by atoms with Crippen LogP contribution in [0.2, 0.25) is 0 Å². The number of imide groups is 1. The first kappa shape index (κ1) is 12.8. The van der Waals surface area contributed by atoms with Crippen LogP contribution >= 0.6 is 0 Å². The fraction of sp³-hybridized carbons (Fsp3) is 0.200. The van der Waals surface area contributed by atoms with Gasteiger partial charge in [-0.15, -0.1) is 0 Å². The van der Waals surface area contributed by atoms with Crippen molar-refractivity contribution in [1.29, 1.82) is 0 Å². The molecule has 0 aromatic heterocycles. The number of nitro groups is 1. The van der Waals surface area contributed by atoms with E-state index >= 15 is 0 Å². The largest absolute Gasteiger partial charge is 0.274 e. The second-order valence-electron chi connectivity index (χ2n) is 3.23. The van der Waals surface area contributed by atoms with Crippen LogP contribution in [-0.2, 0) is 4.79 Å². The first-order chi connectivity index (χ1) is 7.97. The lowest BCUT2D eigenvalue weighted by atomic mass is 10.2. The van der Waals surface area contributed by atoms with E-state index in [1.165, 1.54) is 24.3 Å². The van der Waals surface area contributed by atoms with Gasteiger partial charge in [0.25, 0.3) is 11.6 Å². The minimum atomic E-state index is -0.688. The number of hydrogen-bond donors (Lipinski definition) is 1. The highest BCUT2D eigenvalue weighted by Crippen LogP contribution is 2.12. The van der Waals surface area contributed by atoms with Gasteiger partial charge in [0.1, 0.15) is 0 Å². The zero-order valence-corrected chi connectivity index (χ0v) is 9.12. The molecule has 0 unspecified atom stereocenters. The SMILES string of the molecule is CCC(=O)N(N)C(=O)c1ccc([N+](=O)[O-])cc1. The van der Waals surface area contributed by atoms with Crippen molar-refractivity contribution >= 4 is 17.5 Å². The van der Waals surface area contributed by atoms with Crippen LogP contribution in [-0.4, -0.2) is 21.7 Å². The van der Waals surface area contributed by atoms with Gasteiger partial charge in [0.2, 0.25) is 5.91 Å². The molecule has 0 aliphatic carbocycles. The Bertz CT molecular complexity index is 455. The summed E-state index contributed by atoms with van der Waals surface area (Å²) < 4.78 is 0. The highest BCUT2D eigenvalue weighted by molar-refractivity contribution is 6.04. The lowest BCUT2D eigenvalue weighted by molar-refractivity contribution is -0.384.